The highest BCUT2D eigenvalue weighted by atomic mass is 16.5. The van der Waals surface area contributed by atoms with E-state index in [1.165, 1.54) is 21.0 Å². The van der Waals surface area contributed by atoms with E-state index >= 15 is 0 Å². The quantitative estimate of drug-likeness (QED) is 0.565. The minimum Gasteiger partial charge on any atom is -0.497 e. The van der Waals surface area contributed by atoms with E-state index in [9.17, 15) is 9.59 Å². The van der Waals surface area contributed by atoms with Gasteiger partial charge in [0, 0.05) is 19.0 Å². The second-order valence-electron chi connectivity index (χ2n) is 8.21. The number of nitrogens with zero attached hydrogens (tertiary/aromatic N) is 3. The number of hydrogen-bond acceptors (Lipinski definition) is 5. The zero-order valence-electron chi connectivity index (χ0n) is 19.2. The molecule has 3 aromatic rings. The Morgan fingerprint density at radius 3 is 2.52 bits per heavy atom. The SMILES string of the molecule is COc1ccc(C(=O)N(C)CC(=O)N2N=C(c3ccc(C)c(C)c3)C[C@H]2c2ccco2)cc1. The van der Waals surface area contributed by atoms with Crippen molar-refractivity contribution in [1.82, 2.24) is 9.91 Å². The van der Waals surface area contributed by atoms with Crippen molar-refractivity contribution in [2.75, 3.05) is 20.7 Å². The lowest BCUT2D eigenvalue weighted by Gasteiger charge is -2.23. The number of likely N-dealkylation sites (N-methyl/N-ethyl adjacent to an activating group) is 1. The lowest BCUT2D eigenvalue weighted by molar-refractivity contribution is -0.133. The third-order valence-electron chi connectivity index (χ3n) is 5.93. The van der Waals surface area contributed by atoms with Crippen LogP contribution >= 0.6 is 0 Å². The number of ether oxygens (including phenoxy) is 1. The van der Waals surface area contributed by atoms with Gasteiger partial charge in [-0.25, -0.2) is 5.01 Å². The lowest BCUT2D eigenvalue weighted by Crippen LogP contribution is -2.39. The molecule has 0 aliphatic carbocycles. The van der Waals surface area contributed by atoms with Crippen LogP contribution in [0.4, 0.5) is 0 Å². The average Bonchev–Trinajstić information content (AvgIpc) is 3.50. The number of carbonyl (C=O) groups is 2. The van der Waals surface area contributed by atoms with Gasteiger partial charge in [0.05, 0.1) is 19.1 Å². The first-order valence-corrected chi connectivity index (χ1v) is 10.8. The molecule has 0 bridgehead atoms. The van der Waals surface area contributed by atoms with Crippen LogP contribution in [0.3, 0.4) is 0 Å². The number of benzene rings is 2. The Balaban J connectivity index is 1.55. The van der Waals surface area contributed by atoms with E-state index in [4.69, 9.17) is 9.15 Å². The highest BCUT2D eigenvalue weighted by Crippen LogP contribution is 2.33. The number of hydrazone groups is 1. The molecule has 0 radical (unpaired) electrons. The standard InChI is InChI=1S/C26H27N3O4/c1-17-7-8-20(14-18(17)2)22-15-23(24-6-5-13-33-24)29(27-22)25(30)16-28(3)26(31)19-9-11-21(32-4)12-10-19/h5-14,23H,15-16H2,1-4H3/t23-/m0/s1. The molecule has 1 atom stereocenters. The number of methoxy groups -OCH3 is 1. The Hall–Kier alpha value is -3.87. The van der Waals surface area contributed by atoms with Crippen LogP contribution in [0.5, 0.6) is 5.75 Å². The average molecular weight is 446 g/mol. The minimum atomic E-state index is -0.353. The van der Waals surface area contributed by atoms with Gasteiger partial charge in [-0.15, -0.1) is 0 Å². The molecule has 4 rings (SSSR count). The molecular weight excluding hydrogens is 418 g/mol. The van der Waals surface area contributed by atoms with E-state index in [2.05, 4.69) is 31.1 Å². The van der Waals surface area contributed by atoms with Crippen LogP contribution < -0.4 is 4.74 Å². The van der Waals surface area contributed by atoms with Crippen molar-refractivity contribution in [3.05, 3.63) is 88.9 Å². The van der Waals surface area contributed by atoms with Gasteiger partial charge in [0.25, 0.3) is 11.8 Å². The van der Waals surface area contributed by atoms with Gasteiger partial charge in [-0.3, -0.25) is 9.59 Å². The van der Waals surface area contributed by atoms with Crippen molar-refractivity contribution < 1.29 is 18.7 Å². The third kappa shape index (κ3) is 4.67. The molecule has 0 fully saturated rings. The van der Waals surface area contributed by atoms with Crippen LogP contribution in [-0.2, 0) is 4.79 Å². The van der Waals surface area contributed by atoms with Crippen LogP contribution in [0.2, 0.25) is 0 Å². The van der Waals surface area contributed by atoms with Gasteiger partial charge in [-0.1, -0.05) is 12.1 Å². The number of aryl methyl sites for hydroxylation is 2. The predicted octanol–water partition coefficient (Wildman–Crippen LogP) is 4.35. The Kier molecular flexibility index (Phi) is 6.31. The Labute approximate surface area is 193 Å². The van der Waals surface area contributed by atoms with Gasteiger partial charge < -0.3 is 14.1 Å². The summed E-state index contributed by atoms with van der Waals surface area (Å²) >= 11 is 0. The highest BCUT2D eigenvalue weighted by Gasteiger charge is 2.35. The summed E-state index contributed by atoms with van der Waals surface area (Å²) in [7, 11) is 3.18. The molecule has 0 unspecified atom stereocenters. The van der Waals surface area contributed by atoms with Gasteiger partial charge in [0.2, 0.25) is 0 Å². The molecular formula is C26H27N3O4. The lowest BCUT2D eigenvalue weighted by atomic mass is 9.99. The van der Waals surface area contributed by atoms with Crippen molar-refractivity contribution in [3.8, 4) is 5.75 Å². The van der Waals surface area contributed by atoms with Crippen LogP contribution in [0, 0.1) is 13.8 Å². The van der Waals surface area contributed by atoms with Gasteiger partial charge in [0.1, 0.15) is 24.1 Å². The molecule has 7 nitrogen and oxygen atoms in total. The van der Waals surface area contributed by atoms with Gasteiger partial charge in [-0.05, 0) is 73.0 Å². The molecule has 170 valence electrons. The maximum absolute atomic E-state index is 13.3. The molecule has 0 N–H and O–H groups in total. The van der Waals surface area contributed by atoms with Crippen molar-refractivity contribution in [2.45, 2.75) is 26.3 Å². The van der Waals surface area contributed by atoms with E-state index < -0.39 is 0 Å². The van der Waals surface area contributed by atoms with E-state index in [0.29, 0.717) is 23.5 Å². The smallest absolute Gasteiger partial charge is 0.262 e. The van der Waals surface area contributed by atoms with Crippen molar-refractivity contribution >= 4 is 17.5 Å². The summed E-state index contributed by atoms with van der Waals surface area (Å²) in [6, 6.07) is 16.2. The predicted molar refractivity (Wildman–Crippen MR) is 125 cm³/mol. The largest absolute Gasteiger partial charge is 0.497 e. The van der Waals surface area contributed by atoms with Crippen LogP contribution in [-0.4, -0.2) is 48.1 Å². The topological polar surface area (TPSA) is 75.3 Å². The van der Waals surface area contributed by atoms with E-state index in [-0.39, 0.29) is 24.4 Å². The second-order valence-corrected chi connectivity index (χ2v) is 8.21. The van der Waals surface area contributed by atoms with Crippen LogP contribution in [0.1, 0.15) is 45.3 Å². The highest BCUT2D eigenvalue weighted by molar-refractivity contribution is 6.04. The summed E-state index contributed by atoms with van der Waals surface area (Å²) < 4.78 is 10.7. The molecule has 2 aromatic carbocycles. The first-order chi connectivity index (χ1) is 15.9. The molecule has 0 spiro atoms. The Bertz CT molecular complexity index is 1180. The number of hydrogen-bond donors (Lipinski definition) is 0. The summed E-state index contributed by atoms with van der Waals surface area (Å²) in [4.78, 5) is 27.5. The zero-order valence-corrected chi connectivity index (χ0v) is 19.2. The van der Waals surface area contributed by atoms with E-state index in [1.807, 2.05) is 12.1 Å². The molecule has 0 saturated heterocycles. The molecule has 33 heavy (non-hydrogen) atoms. The fourth-order valence-electron chi connectivity index (χ4n) is 3.84. The molecule has 1 aliphatic heterocycles. The monoisotopic (exact) mass is 445 g/mol. The third-order valence-corrected chi connectivity index (χ3v) is 5.93. The summed E-state index contributed by atoms with van der Waals surface area (Å²) in [5, 5.41) is 6.11. The first kappa shape index (κ1) is 22.3. The summed E-state index contributed by atoms with van der Waals surface area (Å²) in [5.41, 5.74) is 4.64. The van der Waals surface area contributed by atoms with Crippen molar-refractivity contribution in [3.63, 3.8) is 0 Å². The molecule has 2 heterocycles. The number of furan rings is 1. The Morgan fingerprint density at radius 1 is 1.12 bits per heavy atom. The zero-order chi connectivity index (χ0) is 23.5. The fraction of sp³-hybridized carbons (Fsp3) is 0.269. The fourth-order valence-corrected chi connectivity index (χ4v) is 3.84. The maximum atomic E-state index is 13.3. The summed E-state index contributed by atoms with van der Waals surface area (Å²) in [6.07, 6.45) is 2.13. The normalized spacial score (nSPS) is 15.3. The number of amides is 2. The molecule has 2 amide bonds. The van der Waals surface area contributed by atoms with E-state index in [1.54, 1.807) is 50.8 Å². The Morgan fingerprint density at radius 2 is 1.88 bits per heavy atom. The number of carbonyl (C=O) groups excluding carboxylic acids is 2. The number of rotatable bonds is 6. The van der Waals surface area contributed by atoms with Gasteiger partial charge >= 0.3 is 0 Å². The molecule has 0 saturated carbocycles. The van der Waals surface area contributed by atoms with Crippen LogP contribution in [0.15, 0.2) is 70.4 Å². The first-order valence-electron chi connectivity index (χ1n) is 10.8. The minimum absolute atomic E-state index is 0.105. The van der Waals surface area contributed by atoms with Crippen molar-refractivity contribution in [1.29, 1.82) is 0 Å². The molecule has 1 aliphatic rings. The van der Waals surface area contributed by atoms with Gasteiger partial charge in [0.15, 0.2) is 0 Å². The molecule has 1 aromatic heterocycles. The summed E-state index contributed by atoms with van der Waals surface area (Å²) in [5.74, 6) is 0.796. The molecule has 7 heteroatoms. The maximum Gasteiger partial charge on any atom is 0.262 e. The van der Waals surface area contributed by atoms with Gasteiger partial charge in [-0.2, -0.15) is 5.10 Å². The summed E-state index contributed by atoms with van der Waals surface area (Å²) in [6.45, 7) is 4.01. The van der Waals surface area contributed by atoms with Crippen molar-refractivity contribution in [2.24, 2.45) is 5.10 Å². The second kappa shape index (κ2) is 9.32. The van der Waals surface area contributed by atoms with E-state index in [0.717, 1.165) is 11.3 Å². The van der Waals surface area contributed by atoms with Crippen LogP contribution in [0.25, 0.3) is 0 Å².